The number of aliphatic hydroxyl groups is 1. The summed E-state index contributed by atoms with van der Waals surface area (Å²) in [6.07, 6.45) is -1.81. The highest BCUT2D eigenvalue weighted by atomic mass is 17.0. The molecule has 0 aromatic rings. The predicted octanol–water partition coefficient (Wildman–Crippen LogP) is -0.872. The second kappa shape index (κ2) is 7.70. The van der Waals surface area contributed by atoms with Crippen LogP contribution in [0.5, 0.6) is 0 Å². The van der Waals surface area contributed by atoms with Crippen molar-refractivity contribution in [2.75, 3.05) is 19.8 Å². The maximum absolute atomic E-state index is 9.88. The molecule has 10 nitrogen and oxygen atoms in total. The molecule has 0 unspecified atom stereocenters. The maximum atomic E-state index is 9.88. The van der Waals surface area contributed by atoms with Gasteiger partial charge in [-0.25, -0.2) is 0 Å². The van der Waals surface area contributed by atoms with Gasteiger partial charge < -0.3 is 9.84 Å². The predicted molar refractivity (Wildman–Crippen MR) is 42.5 cm³/mol. The van der Waals surface area contributed by atoms with E-state index in [9.17, 15) is 20.2 Å². The van der Waals surface area contributed by atoms with Crippen molar-refractivity contribution in [3.8, 4) is 0 Å². The highest BCUT2D eigenvalue weighted by molar-refractivity contribution is 4.39. The summed E-state index contributed by atoms with van der Waals surface area (Å²) in [6, 6.07) is 0. The normalized spacial score (nSPS) is 10.0. The highest BCUT2D eigenvalue weighted by Gasteiger charge is 2.17. The van der Waals surface area contributed by atoms with Gasteiger partial charge in [0.1, 0.15) is 0 Å². The van der Waals surface area contributed by atoms with Gasteiger partial charge in [-0.15, -0.1) is 20.2 Å². The zero-order valence-electron chi connectivity index (χ0n) is 7.61. The van der Waals surface area contributed by atoms with E-state index >= 15 is 0 Å². The van der Waals surface area contributed by atoms with Crippen molar-refractivity contribution in [1.29, 1.82) is 0 Å². The Hall–Kier alpha value is -1.68. The fraction of sp³-hybridized carbons (Fsp3) is 1.00. The van der Waals surface area contributed by atoms with Crippen molar-refractivity contribution in [2.24, 2.45) is 0 Å². The minimum atomic E-state index is -1.62. The standard InChI is InChI=1S/C5H10N2O8/c8-2-4-13-3-1-5(14-6(9)10)15-7(11)12/h5,8H,1-4H2. The molecule has 0 saturated carbocycles. The van der Waals surface area contributed by atoms with E-state index in [2.05, 4.69) is 9.68 Å². The summed E-state index contributed by atoms with van der Waals surface area (Å²) in [7, 11) is 0. The Balaban J connectivity index is 3.79. The van der Waals surface area contributed by atoms with E-state index in [-0.39, 0.29) is 26.2 Å². The van der Waals surface area contributed by atoms with Gasteiger partial charge in [-0.3, -0.25) is 9.68 Å². The third-order valence-corrected chi connectivity index (χ3v) is 1.14. The van der Waals surface area contributed by atoms with E-state index in [1.807, 2.05) is 0 Å². The molecule has 10 heteroatoms. The van der Waals surface area contributed by atoms with Crippen LogP contribution in [0.3, 0.4) is 0 Å². The molecule has 0 aromatic heterocycles. The number of hydrogen-bond donors (Lipinski definition) is 1. The van der Waals surface area contributed by atoms with Crippen LogP contribution in [-0.4, -0.2) is 41.4 Å². The van der Waals surface area contributed by atoms with Gasteiger partial charge in [-0.1, -0.05) is 0 Å². The van der Waals surface area contributed by atoms with Crippen LogP contribution in [0.15, 0.2) is 0 Å². The van der Waals surface area contributed by atoms with Gasteiger partial charge in [-0.05, 0) is 0 Å². The van der Waals surface area contributed by atoms with Crippen LogP contribution in [0.1, 0.15) is 6.42 Å². The van der Waals surface area contributed by atoms with Crippen molar-refractivity contribution in [3.05, 3.63) is 20.2 Å². The van der Waals surface area contributed by atoms with Gasteiger partial charge in [0.05, 0.1) is 19.8 Å². The molecule has 15 heavy (non-hydrogen) atoms. The molecule has 0 fully saturated rings. The quantitative estimate of drug-likeness (QED) is 0.232. The van der Waals surface area contributed by atoms with Gasteiger partial charge in [0.15, 0.2) is 0 Å². The van der Waals surface area contributed by atoms with Gasteiger partial charge >= 0.3 is 0 Å². The summed E-state index contributed by atoms with van der Waals surface area (Å²) in [5.74, 6) is 0. The number of aliphatic hydroxyl groups excluding tert-OH is 1. The summed E-state index contributed by atoms with van der Waals surface area (Å²) in [5.41, 5.74) is 0. The first-order valence-electron chi connectivity index (χ1n) is 3.87. The molecule has 0 spiro atoms. The molecule has 0 bridgehead atoms. The van der Waals surface area contributed by atoms with Crippen molar-refractivity contribution in [1.82, 2.24) is 0 Å². The molecule has 0 aliphatic carbocycles. The maximum Gasteiger partial charge on any atom is 0.296 e. The van der Waals surface area contributed by atoms with E-state index in [0.29, 0.717) is 0 Å². The van der Waals surface area contributed by atoms with E-state index in [0.717, 1.165) is 0 Å². The topological polar surface area (TPSA) is 134 Å². The Morgan fingerprint density at radius 2 is 1.67 bits per heavy atom. The average Bonchev–Trinajstić information content (AvgIpc) is 2.10. The van der Waals surface area contributed by atoms with Crippen LogP contribution in [0, 0.1) is 20.2 Å². The van der Waals surface area contributed by atoms with Gasteiger partial charge in [0.25, 0.3) is 16.5 Å². The van der Waals surface area contributed by atoms with E-state index < -0.39 is 16.5 Å². The van der Waals surface area contributed by atoms with Crippen LogP contribution >= 0.6 is 0 Å². The number of nitrogens with zero attached hydrogens (tertiary/aromatic N) is 2. The largest absolute Gasteiger partial charge is 0.394 e. The Labute approximate surface area is 83.5 Å². The Morgan fingerprint density at radius 1 is 1.13 bits per heavy atom. The van der Waals surface area contributed by atoms with Crippen LogP contribution in [0.4, 0.5) is 0 Å². The minimum absolute atomic E-state index is 0.0314. The number of ether oxygens (including phenoxy) is 1. The Bertz CT molecular complexity index is 193. The second-order valence-corrected chi connectivity index (χ2v) is 2.21. The zero-order chi connectivity index (χ0) is 11.7. The summed E-state index contributed by atoms with van der Waals surface area (Å²) in [5, 5.41) is 25.7. The fourth-order valence-corrected chi connectivity index (χ4v) is 0.663. The summed E-state index contributed by atoms with van der Waals surface area (Å²) >= 11 is 0. The van der Waals surface area contributed by atoms with Gasteiger partial charge in [-0.2, -0.15) is 0 Å². The molecular weight excluding hydrogens is 216 g/mol. The lowest BCUT2D eigenvalue weighted by atomic mass is 10.4. The number of hydrogen-bond acceptors (Lipinski definition) is 8. The molecule has 0 saturated heterocycles. The minimum Gasteiger partial charge on any atom is -0.394 e. The van der Waals surface area contributed by atoms with Crippen molar-refractivity contribution < 1.29 is 29.7 Å². The summed E-state index contributed by atoms with van der Waals surface area (Å²) in [4.78, 5) is 27.5. The van der Waals surface area contributed by atoms with E-state index in [1.54, 1.807) is 0 Å². The molecule has 88 valence electrons. The summed E-state index contributed by atoms with van der Waals surface area (Å²) < 4.78 is 4.72. The molecule has 0 rings (SSSR count). The molecule has 0 heterocycles. The molecular formula is C5H10N2O8. The molecule has 0 amide bonds. The van der Waals surface area contributed by atoms with Crippen LogP contribution in [0.2, 0.25) is 0 Å². The van der Waals surface area contributed by atoms with Crippen LogP contribution < -0.4 is 0 Å². The fourth-order valence-electron chi connectivity index (χ4n) is 0.663. The molecule has 0 radical (unpaired) electrons. The first-order chi connectivity index (χ1) is 7.06. The molecule has 1 N–H and O–H groups in total. The van der Waals surface area contributed by atoms with Gasteiger partial charge in [0, 0.05) is 6.42 Å². The molecule has 0 atom stereocenters. The first-order valence-corrected chi connectivity index (χ1v) is 3.87. The third kappa shape index (κ3) is 8.64. The lowest BCUT2D eigenvalue weighted by molar-refractivity contribution is -0.851. The SMILES string of the molecule is O=[N+]([O-])OC(CCOCCO)O[N+](=O)[O-]. The molecule has 0 aromatic carbocycles. The second-order valence-electron chi connectivity index (χ2n) is 2.21. The first kappa shape index (κ1) is 13.3. The molecule has 0 aliphatic rings. The van der Waals surface area contributed by atoms with Crippen molar-refractivity contribution in [2.45, 2.75) is 12.7 Å². The van der Waals surface area contributed by atoms with E-state index in [1.165, 1.54) is 0 Å². The Kier molecular flexibility index (Phi) is 6.84. The Morgan fingerprint density at radius 3 is 2.07 bits per heavy atom. The lowest BCUT2D eigenvalue weighted by Crippen LogP contribution is -2.25. The highest BCUT2D eigenvalue weighted by Crippen LogP contribution is 2.01. The summed E-state index contributed by atoms with van der Waals surface area (Å²) in [6.45, 7) is -0.243. The molecule has 0 aliphatic heterocycles. The lowest BCUT2D eigenvalue weighted by Gasteiger charge is -2.11. The van der Waals surface area contributed by atoms with Crippen LogP contribution in [0.25, 0.3) is 0 Å². The third-order valence-electron chi connectivity index (χ3n) is 1.14. The zero-order valence-corrected chi connectivity index (χ0v) is 7.61. The monoisotopic (exact) mass is 226 g/mol. The van der Waals surface area contributed by atoms with Crippen molar-refractivity contribution in [3.63, 3.8) is 0 Å². The smallest absolute Gasteiger partial charge is 0.296 e. The average molecular weight is 226 g/mol. The van der Waals surface area contributed by atoms with Gasteiger partial charge in [0.2, 0.25) is 0 Å². The van der Waals surface area contributed by atoms with Crippen molar-refractivity contribution >= 4 is 0 Å². The van der Waals surface area contributed by atoms with E-state index in [4.69, 9.17) is 9.84 Å². The van der Waals surface area contributed by atoms with Crippen LogP contribution in [-0.2, 0) is 14.4 Å². The number of rotatable bonds is 9.